The van der Waals surface area contributed by atoms with Gasteiger partial charge in [0.1, 0.15) is 11.2 Å². The van der Waals surface area contributed by atoms with Crippen molar-refractivity contribution in [1.29, 1.82) is 0 Å². The molecule has 0 aliphatic heterocycles. The number of para-hydroxylation sites is 2. The summed E-state index contributed by atoms with van der Waals surface area (Å²) in [7, 11) is 0. The summed E-state index contributed by atoms with van der Waals surface area (Å²) in [6.07, 6.45) is 3.91. The Balaban J connectivity index is 1.84. The lowest BCUT2D eigenvalue weighted by Crippen LogP contribution is -2.40. The van der Waals surface area contributed by atoms with Crippen molar-refractivity contribution in [3.63, 3.8) is 0 Å². The van der Waals surface area contributed by atoms with Crippen molar-refractivity contribution in [2.45, 2.75) is 25.3 Å². The number of amides is 2. The number of nitrogens with two attached hydrogens (primary N) is 1. The number of furan rings is 2. The van der Waals surface area contributed by atoms with Gasteiger partial charge < -0.3 is 14.6 Å². The van der Waals surface area contributed by atoms with Gasteiger partial charge in [0.25, 0.3) is 0 Å². The molecule has 0 saturated carbocycles. The highest BCUT2D eigenvalue weighted by Crippen LogP contribution is 2.39. The van der Waals surface area contributed by atoms with Gasteiger partial charge >= 0.3 is 6.03 Å². The van der Waals surface area contributed by atoms with Gasteiger partial charge in [0.05, 0.1) is 18.6 Å². The number of primary amides is 1. The van der Waals surface area contributed by atoms with Gasteiger partial charge in [-0.1, -0.05) is 36.4 Å². The molecule has 138 valence electrons. The van der Waals surface area contributed by atoms with Crippen molar-refractivity contribution in [1.82, 2.24) is 5.06 Å². The molecule has 1 unspecified atom stereocenters. The Labute approximate surface area is 155 Å². The Morgan fingerprint density at radius 3 is 1.96 bits per heavy atom. The van der Waals surface area contributed by atoms with E-state index in [1.54, 1.807) is 19.5 Å². The first kappa shape index (κ1) is 17.2. The third-order valence-corrected chi connectivity index (χ3v) is 4.99. The van der Waals surface area contributed by atoms with E-state index < -0.39 is 12.1 Å². The van der Waals surface area contributed by atoms with Gasteiger partial charge in [-0.2, -0.15) is 0 Å². The quantitative estimate of drug-likeness (QED) is 0.391. The molecule has 27 heavy (non-hydrogen) atoms. The summed E-state index contributed by atoms with van der Waals surface area (Å²) in [6.45, 7) is 1.75. The van der Waals surface area contributed by atoms with Crippen molar-refractivity contribution in [3.05, 3.63) is 72.2 Å². The number of hydrogen-bond acceptors (Lipinski definition) is 4. The number of fused-ring (bicyclic) bond motifs is 2. The monoisotopic (exact) mass is 364 g/mol. The number of carbonyl (C=O) groups is 1. The lowest BCUT2D eigenvalue weighted by Gasteiger charge is -2.25. The minimum Gasteiger partial charge on any atom is -0.464 e. The molecule has 4 rings (SSSR count). The Bertz CT molecular complexity index is 1020. The van der Waals surface area contributed by atoms with Crippen LogP contribution in [0, 0.1) is 0 Å². The van der Waals surface area contributed by atoms with Gasteiger partial charge in [0.2, 0.25) is 0 Å². The molecule has 4 aromatic rings. The van der Waals surface area contributed by atoms with Gasteiger partial charge in [0.15, 0.2) is 0 Å². The molecule has 2 heterocycles. The zero-order chi connectivity index (χ0) is 19.0. The topological polar surface area (TPSA) is 92.8 Å². The molecule has 0 radical (unpaired) electrons. The number of rotatable bonds is 5. The van der Waals surface area contributed by atoms with Crippen molar-refractivity contribution in [2.24, 2.45) is 5.73 Å². The van der Waals surface area contributed by atoms with Gasteiger partial charge in [-0.15, -0.1) is 0 Å². The molecule has 0 saturated heterocycles. The van der Waals surface area contributed by atoms with E-state index in [-0.39, 0.29) is 5.92 Å². The highest BCUT2D eigenvalue weighted by atomic mass is 16.5. The highest BCUT2D eigenvalue weighted by molar-refractivity contribution is 5.86. The first-order chi connectivity index (χ1) is 13.1. The molecule has 0 fully saturated rings. The zero-order valence-electron chi connectivity index (χ0n) is 14.8. The van der Waals surface area contributed by atoms with Crippen LogP contribution >= 0.6 is 0 Å². The Hall–Kier alpha value is -3.25. The maximum Gasteiger partial charge on any atom is 0.338 e. The molecular formula is C21H20N2O4. The molecule has 0 aliphatic carbocycles. The summed E-state index contributed by atoms with van der Waals surface area (Å²) in [5.74, 6) is -0.152. The maximum atomic E-state index is 11.4. The van der Waals surface area contributed by atoms with Gasteiger partial charge in [0, 0.05) is 27.8 Å². The van der Waals surface area contributed by atoms with Crippen LogP contribution in [0.5, 0.6) is 0 Å². The van der Waals surface area contributed by atoms with E-state index in [1.807, 2.05) is 48.5 Å². The molecule has 1 atom stereocenters. The van der Waals surface area contributed by atoms with E-state index in [0.717, 1.165) is 33.1 Å². The normalized spacial score (nSPS) is 12.7. The second-order valence-corrected chi connectivity index (χ2v) is 6.69. The largest absolute Gasteiger partial charge is 0.464 e. The summed E-state index contributed by atoms with van der Waals surface area (Å²) >= 11 is 0. The third kappa shape index (κ3) is 3.04. The summed E-state index contributed by atoms with van der Waals surface area (Å²) in [5.41, 5.74) is 8.75. The van der Waals surface area contributed by atoms with Gasteiger partial charge in [-0.3, -0.25) is 5.21 Å². The highest BCUT2D eigenvalue weighted by Gasteiger charge is 2.27. The second-order valence-electron chi connectivity index (χ2n) is 6.69. The second kappa shape index (κ2) is 6.81. The van der Waals surface area contributed by atoms with Crippen LogP contribution in [0.15, 0.2) is 69.9 Å². The van der Waals surface area contributed by atoms with E-state index in [4.69, 9.17) is 14.6 Å². The molecule has 2 amide bonds. The Morgan fingerprint density at radius 1 is 1.00 bits per heavy atom. The van der Waals surface area contributed by atoms with Crippen LogP contribution in [0.4, 0.5) is 4.79 Å². The SMILES string of the molecule is CC(CC(c1coc2ccccc12)c1coc2ccccc12)N(O)C(N)=O. The molecule has 0 bridgehead atoms. The number of nitrogens with zero attached hydrogens (tertiary/aromatic N) is 1. The molecule has 0 aliphatic rings. The average molecular weight is 364 g/mol. The minimum absolute atomic E-state index is 0.152. The van der Waals surface area contributed by atoms with Crippen LogP contribution in [0.2, 0.25) is 0 Å². The van der Waals surface area contributed by atoms with Crippen molar-refractivity contribution < 1.29 is 18.8 Å². The first-order valence-corrected chi connectivity index (χ1v) is 8.76. The predicted molar refractivity (Wildman–Crippen MR) is 102 cm³/mol. The van der Waals surface area contributed by atoms with E-state index in [0.29, 0.717) is 11.5 Å². The van der Waals surface area contributed by atoms with E-state index in [9.17, 15) is 10.0 Å². The van der Waals surface area contributed by atoms with Crippen LogP contribution in [-0.2, 0) is 0 Å². The number of benzene rings is 2. The van der Waals surface area contributed by atoms with E-state index in [2.05, 4.69) is 0 Å². The summed E-state index contributed by atoms with van der Waals surface area (Å²) in [5, 5.41) is 12.5. The lowest BCUT2D eigenvalue weighted by atomic mass is 9.86. The van der Waals surface area contributed by atoms with E-state index >= 15 is 0 Å². The Morgan fingerprint density at radius 2 is 1.48 bits per heavy atom. The fourth-order valence-corrected chi connectivity index (χ4v) is 3.62. The molecule has 2 aromatic heterocycles. The molecule has 6 nitrogen and oxygen atoms in total. The number of hydroxylamine groups is 2. The predicted octanol–water partition coefficient (Wildman–Crippen LogP) is 4.86. The standard InChI is InChI=1S/C21H20N2O4/c1-13(23(25)21(22)24)10-16(17-11-26-19-8-4-2-6-14(17)19)18-12-27-20-9-5-3-7-15(18)20/h2-9,11-13,16,25H,10H2,1H3,(H2,22,24). The molecule has 0 spiro atoms. The van der Waals surface area contributed by atoms with E-state index in [1.165, 1.54) is 0 Å². The number of hydrogen-bond donors (Lipinski definition) is 2. The molecular weight excluding hydrogens is 344 g/mol. The van der Waals surface area contributed by atoms with Crippen molar-refractivity contribution in [2.75, 3.05) is 0 Å². The van der Waals surface area contributed by atoms with Crippen molar-refractivity contribution >= 4 is 28.0 Å². The van der Waals surface area contributed by atoms with Gasteiger partial charge in [-0.25, -0.2) is 9.86 Å². The summed E-state index contributed by atoms with van der Waals surface area (Å²) in [6, 6.07) is 14.2. The summed E-state index contributed by atoms with van der Waals surface area (Å²) in [4.78, 5) is 11.4. The number of urea groups is 1. The maximum absolute atomic E-state index is 11.4. The van der Waals surface area contributed by atoms with Crippen LogP contribution < -0.4 is 5.73 Å². The van der Waals surface area contributed by atoms with Crippen molar-refractivity contribution in [3.8, 4) is 0 Å². The molecule has 3 N–H and O–H groups in total. The number of carbonyl (C=O) groups excluding carboxylic acids is 1. The van der Waals surface area contributed by atoms with Crippen LogP contribution in [0.3, 0.4) is 0 Å². The van der Waals surface area contributed by atoms with Crippen LogP contribution in [0.25, 0.3) is 21.9 Å². The third-order valence-electron chi connectivity index (χ3n) is 4.99. The average Bonchev–Trinajstić information content (AvgIpc) is 3.30. The fraction of sp³-hybridized carbons (Fsp3) is 0.190. The van der Waals surface area contributed by atoms with Crippen LogP contribution in [0.1, 0.15) is 30.4 Å². The summed E-state index contributed by atoms with van der Waals surface area (Å²) < 4.78 is 11.5. The molecule has 6 heteroatoms. The smallest absolute Gasteiger partial charge is 0.338 e. The fourth-order valence-electron chi connectivity index (χ4n) is 3.62. The van der Waals surface area contributed by atoms with Gasteiger partial charge in [-0.05, 0) is 25.5 Å². The Kier molecular flexibility index (Phi) is 4.33. The first-order valence-electron chi connectivity index (χ1n) is 8.76. The lowest BCUT2D eigenvalue weighted by molar-refractivity contribution is -0.0723. The molecule has 2 aromatic carbocycles. The minimum atomic E-state index is -0.879. The zero-order valence-corrected chi connectivity index (χ0v) is 14.8. The van der Waals surface area contributed by atoms with Crippen LogP contribution in [-0.4, -0.2) is 22.3 Å².